The Morgan fingerprint density at radius 2 is 2.00 bits per heavy atom. The number of benzene rings is 1. The van der Waals surface area contributed by atoms with Crippen LogP contribution in [0.15, 0.2) is 24.3 Å². The van der Waals surface area contributed by atoms with Crippen molar-refractivity contribution in [3.8, 4) is 5.75 Å². The molecule has 0 radical (unpaired) electrons. The SMILES string of the molecule is CC(C)C1CCN(CCOc2ccc(B(O)O)cc2)C1. The standard InChI is InChI=1S/C15H24BNO3/c1-12(2)13-7-8-17(11-13)9-10-20-15-5-3-14(4-6-15)16(18)19/h3-6,12-13,18-19H,7-11H2,1-2H3. The summed E-state index contributed by atoms with van der Waals surface area (Å²) in [5.74, 6) is 2.35. The minimum atomic E-state index is -1.42. The van der Waals surface area contributed by atoms with Crippen molar-refractivity contribution >= 4 is 12.6 Å². The van der Waals surface area contributed by atoms with Crippen LogP contribution in [0, 0.1) is 11.8 Å². The molecule has 1 aliphatic rings. The molecule has 1 saturated heterocycles. The quantitative estimate of drug-likeness (QED) is 0.752. The van der Waals surface area contributed by atoms with Crippen molar-refractivity contribution in [3.63, 3.8) is 0 Å². The highest BCUT2D eigenvalue weighted by molar-refractivity contribution is 6.58. The van der Waals surface area contributed by atoms with Crippen LogP contribution in [0.3, 0.4) is 0 Å². The number of nitrogens with zero attached hydrogens (tertiary/aromatic N) is 1. The molecule has 2 N–H and O–H groups in total. The summed E-state index contributed by atoms with van der Waals surface area (Å²) < 4.78 is 5.69. The molecule has 20 heavy (non-hydrogen) atoms. The Kier molecular flexibility index (Phi) is 5.46. The van der Waals surface area contributed by atoms with Gasteiger partial charge in [-0.1, -0.05) is 26.0 Å². The summed E-state index contributed by atoms with van der Waals surface area (Å²) in [5.41, 5.74) is 0.483. The molecule has 0 bridgehead atoms. The van der Waals surface area contributed by atoms with Crippen LogP contribution in [0.25, 0.3) is 0 Å². The van der Waals surface area contributed by atoms with E-state index < -0.39 is 7.12 Å². The first-order valence-corrected chi connectivity index (χ1v) is 7.37. The van der Waals surface area contributed by atoms with Crippen LogP contribution < -0.4 is 10.2 Å². The van der Waals surface area contributed by atoms with Gasteiger partial charge in [0.15, 0.2) is 0 Å². The van der Waals surface area contributed by atoms with Crippen LogP contribution in [-0.4, -0.2) is 48.3 Å². The van der Waals surface area contributed by atoms with Gasteiger partial charge in [0.05, 0.1) is 0 Å². The molecule has 1 aromatic carbocycles. The maximum Gasteiger partial charge on any atom is 0.488 e. The second kappa shape index (κ2) is 7.11. The second-order valence-corrected chi connectivity index (χ2v) is 5.88. The minimum absolute atomic E-state index is 0.483. The van der Waals surface area contributed by atoms with Crippen LogP contribution in [-0.2, 0) is 0 Å². The third kappa shape index (κ3) is 4.23. The Labute approximate surface area is 121 Å². The molecule has 4 nitrogen and oxygen atoms in total. The number of likely N-dealkylation sites (tertiary alicyclic amines) is 1. The van der Waals surface area contributed by atoms with Crippen LogP contribution in [0.1, 0.15) is 20.3 Å². The van der Waals surface area contributed by atoms with Gasteiger partial charge in [0, 0.05) is 13.1 Å². The fourth-order valence-electron chi connectivity index (χ4n) is 2.64. The van der Waals surface area contributed by atoms with Crippen molar-refractivity contribution in [1.29, 1.82) is 0 Å². The second-order valence-electron chi connectivity index (χ2n) is 5.88. The molecule has 0 aromatic heterocycles. The van der Waals surface area contributed by atoms with Crippen LogP contribution in [0.4, 0.5) is 0 Å². The zero-order valence-corrected chi connectivity index (χ0v) is 12.3. The normalized spacial score (nSPS) is 19.6. The molecule has 5 heteroatoms. The van der Waals surface area contributed by atoms with E-state index in [9.17, 15) is 0 Å². The number of hydrogen-bond donors (Lipinski definition) is 2. The zero-order chi connectivity index (χ0) is 14.5. The predicted octanol–water partition coefficient (Wildman–Crippen LogP) is 0.723. The molecule has 0 saturated carbocycles. The van der Waals surface area contributed by atoms with E-state index >= 15 is 0 Å². The maximum absolute atomic E-state index is 9.01. The fourth-order valence-corrected chi connectivity index (χ4v) is 2.64. The van der Waals surface area contributed by atoms with Crippen LogP contribution >= 0.6 is 0 Å². The third-order valence-corrected chi connectivity index (χ3v) is 4.11. The van der Waals surface area contributed by atoms with Gasteiger partial charge in [-0.05, 0) is 42.4 Å². The Bertz CT molecular complexity index is 408. The zero-order valence-electron chi connectivity index (χ0n) is 12.3. The lowest BCUT2D eigenvalue weighted by atomic mass is 9.80. The average Bonchev–Trinajstić information content (AvgIpc) is 2.88. The summed E-state index contributed by atoms with van der Waals surface area (Å²) >= 11 is 0. The summed E-state index contributed by atoms with van der Waals surface area (Å²) in [5, 5.41) is 18.0. The van der Waals surface area contributed by atoms with Crippen molar-refractivity contribution in [3.05, 3.63) is 24.3 Å². The van der Waals surface area contributed by atoms with Gasteiger partial charge >= 0.3 is 7.12 Å². The van der Waals surface area contributed by atoms with Gasteiger partial charge in [0.25, 0.3) is 0 Å². The first kappa shape index (κ1) is 15.4. The lowest BCUT2D eigenvalue weighted by Crippen LogP contribution is -2.29. The highest BCUT2D eigenvalue weighted by atomic mass is 16.5. The first-order chi connectivity index (χ1) is 9.56. The number of rotatable bonds is 6. The molecule has 1 fully saturated rings. The molecule has 1 heterocycles. The predicted molar refractivity (Wildman–Crippen MR) is 81.1 cm³/mol. The molecule has 1 aliphatic heterocycles. The minimum Gasteiger partial charge on any atom is -0.492 e. The van der Waals surface area contributed by atoms with E-state index in [0.717, 1.165) is 24.1 Å². The fraction of sp³-hybridized carbons (Fsp3) is 0.600. The van der Waals surface area contributed by atoms with Gasteiger partial charge in [0.2, 0.25) is 0 Å². The molecule has 1 atom stereocenters. The molecule has 2 rings (SSSR count). The molecular weight excluding hydrogens is 253 g/mol. The first-order valence-electron chi connectivity index (χ1n) is 7.37. The van der Waals surface area contributed by atoms with Gasteiger partial charge in [-0.3, -0.25) is 4.90 Å². The Hall–Kier alpha value is -1.04. The molecule has 0 aliphatic carbocycles. The third-order valence-electron chi connectivity index (χ3n) is 4.11. The van der Waals surface area contributed by atoms with Crippen molar-refractivity contribution in [2.75, 3.05) is 26.2 Å². The summed E-state index contributed by atoms with van der Waals surface area (Å²) in [6, 6.07) is 6.89. The van der Waals surface area contributed by atoms with E-state index in [0.29, 0.717) is 12.1 Å². The monoisotopic (exact) mass is 277 g/mol. The Morgan fingerprint density at radius 1 is 1.30 bits per heavy atom. The number of ether oxygens (including phenoxy) is 1. The van der Waals surface area contributed by atoms with E-state index in [1.807, 2.05) is 0 Å². The highest BCUT2D eigenvalue weighted by Gasteiger charge is 2.24. The molecule has 0 amide bonds. The molecule has 110 valence electrons. The molecule has 0 spiro atoms. The lowest BCUT2D eigenvalue weighted by molar-refractivity contribution is 0.227. The summed E-state index contributed by atoms with van der Waals surface area (Å²) in [6.07, 6.45) is 1.29. The summed E-state index contributed by atoms with van der Waals surface area (Å²) in [6.45, 7) is 8.56. The van der Waals surface area contributed by atoms with E-state index in [1.165, 1.54) is 19.5 Å². The van der Waals surface area contributed by atoms with Crippen LogP contribution in [0.5, 0.6) is 5.75 Å². The average molecular weight is 277 g/mol. The van der Waals surface area contributed by atoms with E-state index in [-0.39, 0.29) is 0 Å². The largest absolute Gasteiger partial charge is 0.492 e. The van der Waals surface area contributed by atoms with Crippen molar-refractivity contribution in [2.24, 2.45) is 11.8 Å². The Morgan fingerprint density at radius 3 is 2.55 bits per heavy atom. The van der Waals surface area contributed by atoms with Gasteiger partial charge in [-0.15, -0.1) is 0 Å². The topological polar surface area (TPSA) is 52.9 Å². The van der Waals surface area contributed by atoms with E-state index in [1.54, 1.807) is 24.3 Å². The lowest BCUT2D eigenvalue weighted by Gasteiger charge is -2.18. The van der Waals surface area contributed by atoms with E-state index in [4.69, 9.17) is 14.8 Å². The maximum atomic E-state index is 9.01. The van der Waals surface area contributed by atoms with E-state index in [2.05, 4.69) is 18.7 Å². The van der Waals surface area contributed by atoms with Gasteiger partial charge in [-0.25, -0.2) is 0 Å². The van der Waals surface area contributed by atoms with Crippen molar-refractivity contribution in [1.82, 2.24) is 4.90 Å². The summed E-state index contributed by atoms with van der Waals surface area (Å²) in [7, 11) is -1.42. The van der Waals surface area contributed by atoms with Gasteiger partial charge < -0.3 is 14.8 Å². The van der Waals surface area contributed by atoms with Gasteiger partial charge in [-0.2, -0.15) is 0 Å². The Balaban J connectivity index is 1.71. The molecular formula is C15H24BNO3. The molecule has 1 aromatic rings. The smallest absolute Gasteiger partial charge is 0.488 e. The van der Waals surface area contributed by atoms with Crippen molar-refractivity contribution < 1.29 is 14.8 Å². The van der Waals surface area contributed by atoms with Crippen LogP contribution in [0.2, 0.25) is 0 Å². The number of hydrogen-bond acceptors (Lipinski definition) is 4. The highest BCUT2D eigenvalue weighted by Crippen LogP contribution is 2.23. The summed E-state index contributed by atoms with van der Waals surface area (Å²) in [4.78, 5) is 2.45. The van der Waals surface area contributed by atoms with Crippen molar-refractivity contribution in [2.45, 2.75) is 20.3 Å². The van der Waals surface area contributed by atoms with Gasteiger partial charge in [0.1, 0.15) is 12.4 Å². The molecule has 1 unspecified atom stereocenters.